The summed E-state index contributed by atoms with van der Waals surface area (Å²) in [5, 5.41) is 21.0. The molecule has 0 saturated carbocycles. The predicted molar refractivity (Wildman–Crippen MR) is 72.0 cm³/mol. The molecule has 0 fully saturated rings. The Morgan fingerprint density at radius 3 is 2.55 bits per heavy atom. The van der Waals surface area contributed by atoms with Gasteiger partial charge in [-0.2, -0.15) is 0 Å². The number of rotatable bonds is 3. The first-order valence-electron chi connectivity index (χ1n) is 5.78. The zero-order chi connectivity index (χ0) is 14.7. The van der Waals surface area contributed by atoms with Gasteiger partial charge in [0.1, 0.15) is 11.6 Å². The second-order valence-electron chi connectivity index (χ2n) is 4.16. The van der Waals surface area contributed by atoms with Crippen LogP contribution in [0.5, 0.6) is 5.75 Å². The SMILES string of the molecule is Cc1cccc(C(=O)Nc2ccc(C(=O)O)cn2)c1O. The first kappa shape index (κ1) is 13.5. The van der Waals surface area contributed by atoms with E-state index in [1.165, 1.54) is 18.2 Å². The molecule has 0 atom stereocenters. The van der Waals surface area contributed by atoms with Crippen molar-refractivity contribution in [3.8, 4) is 5.75 Å². The first-order valence-corrected chi connectivity index (χ1v) is 5.78. The lowest BCUT2D eigenvalue weighted by Gasteiger charge is -2.07. The van der Waals surface area contributed by atoms with Gasteiger partial charge in [0, 0.05) is 6.20 Å². The Labute approximate surface area is 114 Å². The smallest absolute Gasteiger partial charge is 0.337 e. The van der Waals surface area contributed by atoms with Gasteiger partial charge in [0.15, 0.2) is 0 Å². The number of aryl methyl sites for hydroxylation is 1. The van der Waals surface area contributed by atoms with Crippen LogP contribution < -0.4 is 5.32 Å². The van der Waals surface area contributed by atoms with Crippen molar-refractivity contribution in [1.82, 2.24) is 4.98 Å². The van der Waals surface area contributed by atoms with Crippen molar-refractivity contribution >= 4 is 17.7 Å². The second-order valence-corrected chi connectivity index (χ2v) is 4.16. The molecule has 3 N–H and O–H groups in total. The standard InChI is InChI=1S/C14H12N2O4/c1-8-3-2-4-10(12(8)17)13(18)16-11-6-5-9(7-15-11)14(19)20/h2-7,17H,1H3,(H,19,20)(H,15,16,18). The number of hydrogen-bond acceptors (Lipinski definition) is 4. The maximum atomic E-state index is 12.0. The molecule has 0 aliphatic heterocycles. The van der Waals surface area contributed by atoms with E-state index in [0.29, 0.717) is 5.56 Å². The number of anilines is 1. The normalized spacial score (nSPS) is 10.1. The van der Waals surface area contributed by atoms with Gasteiger partial charge < -0.3 is 15.5 Å². The fourth-order valence-electron chi connectivity index (χ4n) is 1.62. The van der Waals surface area contributed by atoms with E-state index < -0.39 is 11.9 Å². The lowest BCUT2D eigenvalue weighted by molar-refractivity contribution is 0.0696. The Bertz CT molecular complexity index is 665. The summed E-state index contributed by atoms with van der Waals surface area (Å²) in [6.45, 7) is 1.69. The van der Waals surface area contributed by atoms with Gasteiger partial charge in [-0.25, -0.2) is 9.78 Å². The quantitative estimate of drug-likeness (QED) is 0.794. The Hall–Kier alpha value is -2.89. The van der Waals surface area contributed by atoms with Crippen LogP contribution in [0, 0.1) is 6.92 Å². The van der Waals surface area contributed by atoms with Gasteiger partial charge in [0.25, 0.3) is 5.91 Å². The number of aromatic hydroxyl groups is 1. The van der Waals surface area contributed by atoms with E-state index in [2.05, 4.69) is 10.3 Å². The summed E-state index contributed by atoms with van der Waals surface area (Å²) in [6, 6.07) is 7.55. The van der Waals surface area contributed by atoms with Crippen LogP contribution in [0.3, 0.4) is 0 Å². The van der Waals surface area contributed by atoms with Gasteiger partial charge in [-0.05, 0) is 30.7 Å². The number of carbonyl (C=O) groups is 2. The Kier molecular flexibility index (Phi) is 3.65. The molecule has 102 valence electrons. The van der Waals surface area contributed by atoms with E-state index in [1.54, 1.807) is 19.1 Å². The van der Waals surface area contributed by atoms with Crippen molar-refractivity contribution in [2.24, 2.45) is 0 Å². The average molecular weight is 272 g/mol. The van der Waals surface area contributed by atoms with Crippen LogP contribution in [-0.2, 0) is 0 Å². The van der Waals surface area contributed by atoms with E-state index in [-0.39, 0.29) is 22.7 Å². The molecule has 6 nitrogen and oxygen atoms in total. The van der Waals surface area contributed by atoms with Crippen molar-refractivity contribution < 1.29 is 19.8 Å². The molecule has 1 amide bonds. The predicted octanol–water partition coefficient (Wildman–Crippen LogP) is 2.05. The zero-order valence-electron chi connectivity index (χ0n) is 10.6. The minimum Gasteiger partial charge on any atom is -0.507 e. The van der Waals surface area contributed by atoms with Gasteiger partial charge in [-0.3, -0.25) is 4.79 Å². The molecule has 0 unspecified atom stereocenters. The number of pyridine rings is 1. The number of phenols is 1. The third-order valence-electron chi connectivity index (χ3n) is 2.73. The number of carboxylic acids is 1. The monoisotopic (exact) mass is 272 g/mol. The third-order valence-corrected chi connectivity index (χ3v) is 2.73. The molecule has 0 bridgehead atoms. The number of carboxylic acid groups (broad SMARTS) is 1. The highest BCUT2D eigenvalue weighted by atomic mass is 16.4. The lowest BCUT2D eigenvalue weighted by Crippen LogP contribution is -2.13. The van der Waals surface area contributed by atoms with Crippen molar-refractivity contribution in [2.75, 3.05) is 5.32 Å². The number of hydrogen-bond donors (Lipinski definition) is 3. The molecule has 2 aromatic rings. The molecule has 1 aromatic carbocycles. The molecule has 0 radical (unpaired) electrons. The van der Waals surface area contributed by atoms with E-state index in [4.69, 9.17) is 5.11 Å². The number of aromatic carboxylic acids is 1. The number of aromatic nitrogens is 1. The number of benzene rings is 1. The topological polar surface area (TPSA) is 99.5 Å². The molecule has 0 saturated heterocycles. The highest BCUT2D eigenvalue weighted by Gasteiger charge is 2.13. The molecule has 1 aromatic heterocycles. The Morgan fingerprint density at radius 1 is 1.20 bits per heavy atom. The summed E-state index contributed by atoms with van der Waals surface area (Å²) in [6.07, 6.45) is 1.15. The highest BCUT2D eigenvalue weighted by molar-refractivity contribution is 6.06. The maximum absolute atomic E-state index is 12.0. The maximum Gasteiger partial charge on any atom is 0.337 e. The van der Waals surface area contributed by atoms with Crippen molar-refractivity contribution in [3.63, 3.8) is 0 Å². The number of para-hydroxylation sites is 1. The third kappa shape index (κ3) is 2.74. The Balaban J connectivity index is 2.19. The summed E-state index contributed by atoms with van der Waals surface area (Å²) in [7, 11) is 0. The average Bonchev–Trinajstić information content (AvgIpc) is 2.42. The minimum absolute atomic E-state index is 0.0291. The molecule has 20 heavy (non-hydrogen) atoms. The second kappa shape index (κ2) is 5.40. The van der Waals surface area contributed by atoms with Gasteiger partial charge in [-0.1, -0.05) is 12.1 Å². The fourth-order valence-corrected chi connectivity index (χ4v) is 1.62. The van der Waals surface area contributed by atoms with Crippen LogP contribution in [-0.4, -0.2) is 27.1 Å². The first-order chi connectivity index (χ1) is 9.49. The molecular weight excluding hydrogens is 260 g/mol. The number of amides is 1. The minimum atomic E-state index is -1.09. The summed E-state index contributed by atoms with van der Waals surface area (Å²) >= 11 is 0. The molecule has 0 aliphatic carbocycles. The van der Waals surface area contributed by atoms with Crippen LogP contribution in [0.2, 0.25) is 0 Å². The van der Waals surface area contributed by atoms with Crippen LogP contribution in [0.15, 0.2) is 36.5 Å². The number of nitrogens with zero attached hydrogens (tertiary/aromatic N) is 1. The summed E-state index contributed by atoms with van der Waals surface area (Å²) in [4.78, 5) is 26.5. The van der Waals surface area contributed by atoms with Crippen LogP contribution in [0.1, 0.15) is 26.3 Å². The summed E-state index contributed by atoms with van der Waals surface area (Å²) in [5.74, 6) is -1.48. The Morgan fingerprint density at radius 2 is 1.95 bits per heavy atom. The lowest BCUT2D eigenvalue weighted by atomic mass is 10.1. The summed E-state index contributed by atoms with van der Waals surface area (Å²) < 4.78 is 0. The van der Waals surface area contributed by atoms with Crippen LogP contribution in [0.4, 0.5) is 5.82 Å². The largest absolute Gasteiger partial charge is 0.507 e. The van der Waals surface area contributed by atoms with Gasteiger partial charge in [0.05, 0.1) is 11.1 Å². The number of nitrogens with one attached hydrogen (secondary N) is 1. The number of phenolic OH excluding ortho intramolecular Hbond substituents is 1. The molecule has 1 heterocycles. The van der Waals surface area contributed by atoms with Gasteiger partial charge >= 0.3 is 5.97 Å². The molecule has 0 spiro atoms. The van der Waals surface area contributed by atoms with Gasteiger partial charge in [0.2, 0.25) is 0 Å². The van der Waals surface area contributed by atoms with Gasteiger partial charge in [-0.15, -0.1) is 0 Å². The van der Waals surface area contributed by atoms with Crippen LogP contribution in [0.25, 0.3) is 0 Å². The zero-order valence-corrected chi connectivity index (χ0v) is 10.6. The highest BCUT2D eigenvalue weighted by Crippen LogP contribution is 2.22. The van der Waals surface area contributed by atoms with E-state index in [1.807, 2.05) is 0 Å². The number of carbonyl (C=O) groups excluding carboxylic acids is 1. The van der Waals surface area contributed by atoms with Crippen molar-refractivity contribution in [3.05, 3.63) is 53.2 Å². The molecular formula is C14H12N2O4. The summed E-state index contributed by atoms with van der Waals surface area (Å²) in [5.41, 5.74) is 0.752. The molecule has 2 rings (SSSR count). The van der Waals surface area contributed by atoms with E-state index >= 15 is 0 Å². The van der Waals surface area contributed by atoms with E-state index in [9.17, 15) is 14.7 Å². The fraction of sp³-hybridized carbons (Fsp3) is 0.0714. The van der Waals surface area contributed by atoms with Crippen molar-refractivity contribution in [1.29, 1.82) is 0 Å². The van der Waals surface area contributed by atoms with Crippen LogP contribution >= 0.6 is 0 Å². The van der Waals surface area contributed by atoms with Crippen molar-refractivity contribution in [2.45, 2.75) is 6.92 Å². The molecule has 6 heteroatoms. The van der Waals surface area contributed by atoms with E-state index in [0.717, 1.165) is 6.20 Å². The molecule has 0 aliphatic rings.